The second kappa shape index (κ2) is 7.93. The Hall–Kier alpha value is -1.25. The fourth-order valence-corrected chi connectivity index (χ4v) is 1.64. The molecule has 96 valence electrons. The smallest absolute Gasteiger partial charge is 0.104 e. The minimum absolute atomic E-state index is 0.461. The van der Waals surface area contributed by atoms with Gasteiger partial charge in [-0.2, -0.15) is 0 Å². The van der Waals surface area contributed by atoms with Crippen LogP contribution in [0.2, 0.25) is 0 Å². The van der Waals surface area contributed by atoms with Crippen LogP contribution in [0.3, 0.4) is 0 Å². The first-order valence-electron chi connectivity index (χ1n) is 6.23. The standard InChI is InChI=1S/C14H25N3/c1-7-13(10(3)4)9-17-14(11(5)15)12(6)16-8-2/h8-10,13,15H,7H2,1-6H3/b14-12+,15-11?,16-8?,17-9?. The van der Waals surface area contributed by atoms with Crippen LogP contribution in [-0.2, 0) is 0 Å². The lowest BCUT2D eigenvalue weighted by molar-refractivity contribution is 0.489. The van der Waals surface area contributed by atoms with Gasteiger partial charge in [-0.1, -0.05) is 20.8 Å². The van der Waals surface area contributed by atoms with Crippen molar-refractivity contribution in [2.45, 2.75) is 48.0 Å². The lowest BCUT2D eigenvalue weighted by Gasteiger charge is -2.13. The van der Waals surface area contributed by atoms with E-state index in [0.717, 1.165) is 12.1 Å². The summed E-state index contributed by atoms with van der Waals surface area (Å²) >= 11 is 0. The van der Waals surface area contributed by atoms with Gasteiger partial charge in [0.2, 0.25) is 0 Å². The fourth-order valence-electron chi connectivity index (χ4n) is 1.64. The van der Waals surface area contributed by atoms with Crippen molar-refractivity contribution in [3.05, 3.63) is 11.4 Å². The summed E-state index contributed by atoms with van der Waals surface area (Å²) < 4.78 is 0. The molecule has 0 aliphatic carbocycles. The average Bonchev–Trinajstić information content (AvgIpc) is 2.23. The number of allylic oxidation sites excluding steroid dienone is 2. The summed E-state index contributed by atoms with van der Waals surface area (Å²) in [6.45, 7) is 12.1. The number of hydrogen-bond donors (Lipinski definition) is 1. The van der Waals surface area contributed by atoms with Crippen molar-refractivity contribution in [3.8, 4) is 0 Å². The molecule has 1 N–H and O–H groups in total. The molecule has 0 aliphatic rings. The molecule has 3 nitrogen and oxygen atoms in total. The van der Waals surface area contributed by atoms with E-state index in [1.807, 2.05) is 20.1 Å². The van der Waals surface area contributed by atoms with E-state index in [2.05, 4.69) is 30.8 Å². The van der Waals surface area contributed by atoms with Crippen molar-refractivity contribution >= 4 is 18.1 Å². The van der Waals surface area contributed by atoms with E-state index in [0.29, 0.717) is 23.2 Å². The molecule has 1 atom stereocenters. The SMILES string of the molecule is CC=N/C(C)=C(/N=CC(CC)C(C)C)C(C)=N. The molecule has 0 aromatic rings. The lowest BCUT2D eigenvalue weighted by atomic mass is 9.95. The third-order valence-electron chi connectivity index (χ3n) is 2.74. The molecule has 0 heterocycles. The normalized spacial score (nSPS) is 15.7. The van der Waals surface area contributed by atoms with E-state index < -0.39 is 0 Å². The van der Waals surface area contributed by atoms with Gasteiger partial charge in [0.1, 0.15) is 5.70 Å². The number of nitrogens with one attached hydrogen (secondary N) is 1. The Bertz CT molecular complexity index is 335. The summed E-state index contributed by atoms with van der Waals surface area (Å²) in [5, 5.41) is 7.72. The Morgan fingerprint density at radius 2 is 1.82 bits per heavy atom. The summed E-state index contributed by atoms with van der Waals surface area (Å²) in [5.41, 5.74) is 1.94. The van der Waals surface area contributed by atoms with E-state index in [9.17, 15) is 0 Å². The molecule has 0 aliphatic heterocycles. The third-order valence-corrected chi connectivity index (χ3v) is 2.74. The van der Waals surface area contributed by atoms with Gasteiger partial charge in [-0.25, -0.2) is 0 Å². The Morgan fingerprint density at radius 1 is 1.24 bits per heavy atom. The van der Waals surface area contributed by atoms with Crippen molar-refractivity contribution in [1.82, 2.24) is 0 Å². The number of aliphatic imine (C=N–C) groups is 2. The Kier molecular flexibility index (Phi) is 7.35. The van der Waals surface area contributed by atoms with Gasteiger partial charge in [0.15, 0.2) is 0 Å². The summed E-state index contributed by atoms with van der Waals surface area (Å²) in [6, 6.07) is 0. The highest BCUT2D eigenvalue weighted by Crippen LogP contribution is 2.15. The zero-order valence-electron chi connectivity index (χ0n) is 11.9. The maximum absolute atomic E-state index is 7.72. The van der Waals surface area contributed by atoms with Gasteiger partial charge in [0.25, 0.3) is 0 Å². The van der Waals surface area contributed by atoms with Crippen LogP contribution in [0.25, 0.3) is 0 Å². The molecule has 17 heavy (non-hydrogen) atoms. The highest BCUT2D eigenvalue weighted by molar-refractivity contribution is 5.97. The summed E-state index contributed by atoms with van der Waals surface area (Å²) in [5.74, 6) is 1.04. The summed E-state index contributed by atoms with van der Waals surface area (Å²) in [4.78, 5) is 8.65. The molecular formula is C14H25N3. The van der Waals surface area contributed by atoms with Crippen LogP contribution < -0.4 is 0 Å². The van der Waals surface area contributed by atoms with Gasteiger partial charge in [0.05, 0.1) is 11.4 Å². The quantitative estimate of drug-likeness (QED) is 0.674. The van der Waals surface area contributed by atoms with Crippen LogP contribution in [-0.4, -0.2) is 18.1 Å². The van der Waals surface area contributed by atoms with E-state index >= 15 is 0 Å². The average molecular weight is 235 g/mol. The van der Waals surface area contributed by atoms with Gasteiger partial charge in [0, 0.05) is 12.4 Å². The number of hydrogen-bond acceptors (Lipinski definition) is 3. The second-order valence-electron chi connectivity index (χ2n) is 4.54. The van der Waals surface area contributed by atoms with Crippen LogP contribution >= 0.6 is 0 Å². The molecule has 1 unspecified atom stereocenters. The molecular weight excluding hydrogens is 210 g/mol. The number of nitrogens with zero attached hydrogens (tertiary/aromatic N) is 2. The third kappa shape index (κ3) is 5.57. The second-order valence-corrected chi connectivity index (χ2v) is 4.54. The topological polar surface area (TPSA) is 48.6 Å². The van der Waals surface area contributed by atoms with Gasteiger partial charge >= 0.3 is 0 Å². The highest BCUT2D eigenvalue weighted by atomic mass is 14.8. The zero-order valence-corrected chi connectivity index (χ0v) is 11.9. The molecule has 0 fully saturated rings. The Labute approximate surface area is 105 Å². The van der Waals surface area contributed by atoms with E-state index in [-0.39, 0.29) is 0 Å². The maximum atomic E-state index is 7.72. The summed E-state index contributed by atoms with van der Waals surface area (Å²) in [6.07, 6.45) is 4.77. The van der Waals surface area contributed by atoms with Gasteiger partial charge in [-0.15, -0.1) is 0 Å². The van der Waals surface area contributed by atoms with E-state index in [1.165, 1.54) is 0 Å². The van der Waals surface area contributed by atoms with E-state index in [1.54, 1.807) is 13.1 Å². The number of rotatable bonds is 6. The first-order valence-corrected chi connectivity index (χ1v) is 6.23. The molecule has 0 saturated heterocycles. The van der Waals surface area contributed by atoms with Crippen LogP contribution in [0.15, 0.2) is 21.4 Å². The summed E-state index contributed by atoms with van der Waals surface area (Å²) in [7, 11) is 0. The monoisotopic (exact) mass is 235 g/mol. The van der Waals surface area contributed by atoms with Gasteiger partial charge in [-0.05, 0) is 39.0 Å². The van der Waals surface area contributed by atoms with E-state index in [4.69, 9.17) is 5.41 Å². The first kappa shape index (κ1) is 15.8. The predicted octanol–water partition coefficient (Wildman–Crippen LogP) is 4.10. The van der Waals surface area contributed by atoms with Crippen LogP contribution in [0.1, 0.15) is 48.0 Å². The molecule has 0 saturated carbocycles. The minimum Gasteiger partial charge on any atom is -0.303 e. The largest absolute Gasteiger partial charge is 0.303 e. The predicted molar refractivity (Wildman–Crippen MR) is 77.4 cm³/mol. The van der Waals surface area contributed by atoms with Crippen molar-refractivity contribution in [2.75, 3.05) is 0 Å². The van der Waals surface area contributed by atoms with Crippen LogP contribution in [0, 0.1) is 17.2 Å². The fraction of sp³-hybridized carbons (Fsp3) is 0.643. The molecule has 0 aromatic carbocycles. The van der Waals surface area contributed by atoms with Gasteiger partial charge in [-0.3, -0.25) is 9.98 Å². The zero-order chi connectivity index (χ0) is 13.4. The molecule has 0 aromatic heterocycles. The first-order chi connectivity index (χ1) is 7.93. The van der Waals surface area contributed by atoms with Crippen molar-refractivity contribution in [3.63, 3.8) is 0 Å². The Morgan fingerprint density at radius 3 is 2.18 bits per heavy atom. The van der Waals surface area contributed by atoms with Crippen LogP contribution in [0.5, 0.6) is 0 Å². The molecule has 0 rings (SSSR count). The van der Waals surface area contributed by atoms with Crippen molar-refractivity contribution in [2.24, 2.45) is 21.8 Å². The molecule has 0 spiro atoms. The molecule has 0 bridgehead atoms. The molecule has 0 radical (unpaired) electrons. The highest BCUT2D eigenvalue weighted by Gasteiger charge is 2.09. The maximum Gasteiger partial charge on any atom is 0.104 e. The molecule has 0 amide bonds. The molecule has 3 heteroatoms. The van der Waals surface area contributed by atoms with Gasteiger partial charge < -0.3 is 5.41 Å². The van der Waals surface area contributed by atoms with Crippen molar-refractivity contribution in [1.29, 1.82) is 5.41 Å². The van der Waals surface area contributed by atoms with Crippen LogP contribution in [0.4, 0.5) is 0 Å². The Balaban J connectivity index is 5.08. The minimum atomic E-state index is 0.461. The lowest BCUT2D eigenvalue weighted by Crippen LogP contribution is -2.09. The van der Waals surface area contributed by atoms with Crippen molar-refractivity contribution < 1.29 is 0 Å².